The molecule has 10 heteroatoms. The number of H-pyrrole nitrogens is 1. The normalized spacial score (nSPS) is 10.6. The van der Waals surface area contributed by atoms with Gasteiger partial charge in [0.25, 0.3) is 11.8 Å². The third-order valence-corrected chi connectivity index (χ3v) is 6.44. The molecule has 1 heterocycles. The predicted molar refractivity (Wildman–Crippen MR) is 157 cm³/mol. The Kier molecular flexibility index (Phi) is 7.73. The van der Waals surface area contributed by atoms with Gasteiger partial charge in [0.1, 0.15) is 11.6 Å². The van der Waals surface area contributed by atoms with Gasteiger partial charge in [-0.05, 0) is 78.9 Å². The largest absolute Gasteiger partial charge is 0.497 e. The number of nitrogens with one attached hydrogen (secondary N) is 3. The number of aromatic nitrogens is 2. The average Bonchev–Trinajstić information content (AvgIpc) is 3.44. The van der Waals surface area contributed by atoms with Gasteiger partial charge in [0, 0.05) is 28.1 Å². The van der Waals surface area contributed by atoms with E-state index in [4.69, 9.17) is 18.9 Å². The second-order valence-electron chi connectivity index (χ2n) is 8.95. The summed E-state index contributed by atoms with van der Waals surface area (Å²) in [7, 11) is 6.07. The number of benzene rings is 4. The number of imidazole rings is 1. The Balaban J connectivity index is 1.29. The quantitative estimate of drug-likeness (QED) is 0.212. The molecule has 0 spiro atoms. The van der Waals surface area contributed by atoms with Crippen molar-refractivity contribution < 1.29 is 28.5 Å². The summed E-state index contributed by atoms with van der Waals surface area (Å²) < 4.78 is 21.2. The molecule has 0 saturated heterocycles. The third-order valence-electron chi connectivity index (χ3n) is 6.44. The van der Waals surface area contributed by atoms with E-state index in [2.05, 4.69) is 20.6 Å². The van der Waals surface area contributed by atoms with Gasteiger partial charge in [0.15, 0.2) is 11.5 Å². The van der Waals surface area contributed by atoms with Crippen LogP contribution < -0.4 is 29.6 Å². The summed E-state index contributed by atoms with van der Waals surface area (Å²) in [6, 6.07) is 22.8. The zero-order valence-electron chi connectivity index (χ0n) is 22.9. The van der Waals surface area contributed by atoms with Gasteiger partial charge in [-0.2, -0.15) is 0 Å². The zero-order chi connectivity index (χ0) is 28.9. The van der Waals surface area contributed by atoms with Crippen LogP contribution in [0.2, 0.25) is 0 Å². The van der Waals surface area contributed by atoms with Crippen molar-refractivity contribution in [3.8, 4) is 34.4 Å². The van der Waals surface area contributed by atoms with E-state index in [0.29, 0.717) is 56.8 Å². The Bertz CT molecular complexity index is 1690. The van der Waals surface area contributed by atoms with Gasteiger partial charge in [-0.15, -0.1) is 0 Å². The number of hydrogen-bond acceptors (Lipinski definition) is 7. The smallest absolute Gasteiger partial charge is 0.255 e. The number of nitrogens with zero attached hydrogens (tertiary/aromatic N) is 1. The summed E-state index contributed by atoms with van der Waals surface area (Å²) in [5.74, 6) is 1.97. The molecule has 5 rings (SSSR count). The van der Waals surface area contributed by atoms with Crippen LogP contribution in [0.5, 0.6) is 23.0 Å². The topological polar surface area (TPSA) is 124 Å². The standard InChI is InChI=1S/C31H28N4O6/c1-38-23-12-7-19(8-13-23)30(36)33-22-11-14-24-25(17-22)35-29(34-24)18-5-9-21(10-6-18)32-31(37)20-15-26(39-2)28(41-4)27(16-20)40-3/h5-17H,1-4H3,(H,32,37)(H,33,36)(H,34,35). The van der Waals surface area contributed by atoms with Crippen molar-refractivity contribution in [3.63, 3.8) is 0 Å². The molecule has 41 heavy (non-hydrogen) atoms. The second kappa shape index (κ2) is 11.7. The molecule has 0 saturated carbocycles. The fraction of sp³-hybridized carbons (Fsp3) is 0.129. The Labute approximate surface area is 236 Å². The first-order valence-corrected chi connectivity index (χ1v) is 12.6. The van der Waals surface area contributed by atoms with Crippen molar-refractivity contribution in [3.05, 3.63) is 90.0 Å². The Morgan fingerprint density at radius 1 is 0.659 bits per heavy atom. The lowest BCUT2D eigenvalue weighted by Gasteiger charge is -2.14. The minimum Gasteiger partial charge on any atom is -0.497 e. The third kappa shape index (κ3) is 5.76. The molecule has 0 bridgehead atoms. The van der Waals surface area contributed by atoms with Gasteiger partial charge in [-0.25, -0.2) is 4.98 Å². The average molecular weight is 553 g/mol. The van der Waals surface area contributed by atoms with Crippen LogP contribution in [0.3, 0.4) is 0 Å². The highest BCUT2D eigenvalue weighted by molar-refractivity contribution is 6.06. The van der Waals surface area contributed by atoms with Crippen LogP contribution in [0.25, 0.3) is 22.4 Å². The van der Waals surface area contributed by atoms with Crippen molar-refractivity contribution in [2.24, 2.45) is 0 Å². The molecule has 0 aliphatic rings. The van der Waals surface area contributed by atoms with Crippen molar-refractivity contribution in [2.45, 2.75) is 0 Å². The molecule has 1 aromatic heterocycles. The number of amides is 2. The maximum atomic E-state index is 12.9. The van der Waals surface area contributed by atoms with Crippen LogP contribution in [0.4, 0.5) is 11.4 Å². The summed E-state index contributed by atoms with van der Waals surface area (Å²) >= 11 is 0. The van der Waals surface area contributed by atoms with E-state index in [9.17, 15) is 9.59 Å². The van der Waals surface area contributed by atoms with Crippen molar-refractivity contribution in [2.75, 3.05) is 39.1 Å². The molecule has 0 unspecified atom stereocenters. The lowest BCUT2D eigenvalue weighted by molar-refractivity contribution is 0.101. The molecule has 10 nitrogen and oxygen atoms in total. The van der Waals surface area contributed by atoms with Gasteiger partial charge in [-0.1, -0.05) is 0 Å². The van der Waals surface area contributed by atoms with Crippen LogP contribution in [0.15, 0.2) is 78.9 Å². The van der Waals surface area contributed by atoms with E-state index >= 15 is 0 Å². The SMILES string of the molecule is COc1ccc(C(=O)Nc2ccc3[nH]c(-c4ccc(NC(=O)c5cc(OC)c(OC)c(OC)c5)cc4)nc3c2)cc1. The molecule has 208 valence electrons. The Morgan fingerprint density at radius 3 is 1.88 bits per heavy atom. The molecule has 4 aromatic carbocycles. The van der Waals surface area contributed by atoms with E-state index in [1.165, 1.54) is 21.3 Å². The van der Waals surface area contributed by atoms with Crippen LogP contribution in [0, 0.1) is 0 Å². The lowest BCUT2D eigenvalue weighted by Crippen LogP contribution is -2.12. The van der Waals surface area contributed by atoms with Crippen molar-refractivity contribution in [1.82, 2.24) is 9.97 Å². The predicted octanol–water partition coefficient (Wildman–Crippen LogP) is 5.77. The zero-order valence-corrected chi connectivity index (χ0v) is 22.9. The fourth-order valence-corrected chi connectivity index (χ4v) is 4.29. The second-order valence-corrected chi connectivity index (χ2v) is 8.95. The number of ether oxygens (including phenoxy) is 4. The molecule has 5 aromatic rings. The molecular formula is C31H28N4O6. The number of hydrogen-bond donors (Lipinski definition) is 3. The Hall–Kier alpha value is -5.51. The fourth-order valence-electron chi connectivity index (χ4n) is 4.29. The highest BCUT2D eigenvalue weighted by atomic mass is 16.5. The minimum atomic E-state index is -0.329. The van der Waals surface area contributed by atoms with Gasteiger partial charge < -0.3 is 34.6 Å². The van der Waals surface area contributed by atoms with Crippen LogP contribution >= 0.6 is 0 Å². The van der Waals surface area contributed by atoms with Crippen molar-refractivity contribution in [1.29, 1.82) is 0 Å². The van der Waals surface area contributed by atoms with Crippen LogP contribution in [0.1, 0.15) is 20.7 Å². The molecule has 0 radical (unpaired) electrons. The molecule has 2 amide bonds. The van der Waals surface area contributed by atoms with Gasteiger partial charge in [0.2, 0.25) is 5.75 Å². The Morgan fingerprint density at radius 2 is 1.27 bits per heavy atom. The number of anilines is 2. The maximum absolute atomic E-state index is 12.9. The minimum absolute atomic E-state index is 0.230. The van der Waals surface area contributed by atoms with E-state index < -0.39 is 0 Å². The molecule has 0 fully saturated rings. The molecule has 0 aliphatic heterocycles. The van der Waals surface area contributed by atoms with E-state index in [-0.39, 0.29) is 11.8 Å². The van der Waals surface area contributed by atoms with Crippen molar-refractivity contribution >= 4 is 34.2 Å². The number of fused-ring (bicyclic) bond motifs is 1. The lowest BCUT2D eigenvalue weighted by atomic mass is 10.1. The summed E-state index contributed by atoms with van der Waals surface area (Å²) in [6.45, 7) is 0. The first kappa shape index (κ1) is 27.1. The molecular weight excluding hydrogens is 524 g/mol. The van der Waals surface area contributed by atoms with Crippen LogP contribution in [-0.2, 0) is 0 Å². The number of rotatable bonds is 9. The monoisotopic (exact) mass is 552 g/mol. The molecule has 0 aliphatic carbocycles. The number of methoxy groups -OCH3 is 4. The number of carbonyl (C=O) groups is 2. The van der Waals surface area contributed by atoms with Gasteiger partial charge in [-0.3, -0.25) is 9.59 Å². The first-order chi connectivity index (χ1) is 19.9. The number of carbonyl (C=O) groups excluding carboxylic acids is 2. The number of aromatic amines is 1. The summed E-state index contributed by atoms with van der Waals surface area (Å²) in [4.78, 5) is 33.6. The summed E-state index contributed by atoms with van der Waals surface area (Å²) in [5.41, 5.74) is 4.46. The highest BCUT2D eigenvalue weighted by Crippen LogP contribution is 2.38. The van der Waals surface area contributed by atoms with E-state index in [0.717, 1.165) is 11.1 Å². The first-order valence-electron chi connectivity index (χ1n) is 12.6. The maximum Gasteiger partial charge on any atom is 0.255 e. The van der Waals surface area contributed by atoms with Crippen LogP contribution in [-0.4, -0.2) is 50.2 Å². The highest BCUT2D eigenvalue weighted by Gasteiger charge is 2.17. The van der Waals surface area contributed by atoms with E-state index in [1.54, 1.807) is 55.6 Å². The summed E-state index contributed by atoms with van der Waals surface area (Å²) in [6.07, 6.45) is 0. The van der Waals surface area contributed by atoms with Gasteiger partial charge >= 0.3 is 0 Å². The molecule has 0 atom stereocenters. The van der Waals surface area contributed by atoms with E-state index in [1.807, 2.05) is 30.3 Å². The molecule has 3 N–H and O–H groups in total. The summed E-state index contributed by atoms with van der Waals surface area (Å²) in [5, 5.41) is 5.78. The van der Waals surface area contributed by atoms with Gasteiger partial charge in [0.05, 0.1) is 39.5 Å².